The molecule has 96 valence electrons. The van der Waals surface area contributed by atoms with Crippen LogP contribution in [-0.4, -0.2) is 23.4 Å². The van der Waals surface area contributed by atoms with Crippen LogP contribution >= 0.6 is 15.9 Å². The lowest BCUT2D eigenvalue weighted by Gasteiger charge is -2.31. The minimum atomic E-state index is 0.214. The fourth-order valence-electron chi connectivity index (χ4n) is 3.45. The number of benzene rings is 1. The fourth-order valence-corrected chi connectivity index (χ4v) is 3.84. The van der Waals surface area contributed by atoms with E-state index in [1.54, 1.807) is 0 Å². The Balaban J connectivity index is 1.80. The van der Waals surface area contributed by atoms with Crippen LogP contribution < -0.4 is 0 Å². The lowest BCUT2D eigenvalue weighted by Crippen LogP contribution is -2.39. The molecular formula is C15H18BrNO. The summed E-state index contributed by atoms with van der Waals surface area (Å²) in [4.78, 5) is 14.7. The van der Waals surface area contributed by atoms with E-state index < -0.39 is 0 Å². The van der Waals surface area contributed by atoms with E-state index >= 15 is 0 Å². The molecule has 0 spiro atoms. The van der Waals surface area contributed by atoms with Crippen molar-refractivity contribution in [2.45, 2.75) is 38.1 Å². The zero-order valence-corrected chi connectivity index (χ0v) is 12.0. The van der Waals surface area contributed by atoms with Crippen LogP contribution in [0.1, 0.15) is 42.5 Å². The second-order valence-corrected chi connectivity index (χ2v) is 6.33. The largest absolute Gasteiger partial charge is 0.335 e. The van der Waals surface area contributed by atoms with Crippen molar-refractivity contribution >= 4 is 21.8 Å². The van der Waals surface area contributed by atoms with Crippen LogP contribution in [0.4, 0.5) is 0 Å². The average Bonchev–Trinajstić information content (AvgIpc) is 2.82. The van der Waals surface area contributed by atoms with Crippen LogP contribution in [0, 0.1) is 5.92 Å². The molecule has 1 aliphatic heterocycles. The zero-order chi connectivity index (χ0) is 12.5. The molecule has 2 aliphatic rings. The minimum Gasteiger partial charge on any atom is -0.335 e. The molecule has 0 aromatic heterocycles. The van der Waals surface area contributed by atoms with Crippen molar-refractivity contribution < 1.29 is 4.79 Å². The summed E-state index contributed by atoms with van der Waals surface area (Å²) in [5.41, 5.74) is 0.815. The Labute approximate surface area is 116 Å². The van der Waals surface area contributed by atoms with E-state index in [1.165, 1.54) is 32.1 Å². The molecule has 2 unspecified atom stereocenters. The minimum absolute atomic E-state index is 0.214. The van der Waals surface area contributed by atoms with E-state index in [2.05, 4.69) is 20.8 Å². The first-order chi connectivity index (χ1) is 8.75. The molecule has 3 heteroatoms. The number of halogens is 1. The molecule has 1 aliphatic carbocycles. The maximum atomic E-state index is 12.6. The van der Waals surface area contributed by atoms with E-state index in [4.69, 9.17) is 0 Å². The number of hydrogen-bond acceptors (Lipinski definition) is 1. The van der Waals surface area contributed by atoms with E-state index in [0.29, 0.717) is 6.04 Å². The first-order valence-electron chi connectivity index (χ1n) is 6.82. The normalized spacial score (nSPS) is 27.1. The monoisotopic (exact) mass is 307 g/mol. The van der Waals surface area contributed by atoms with Crippen LogP contribution in [0.3, 0.4) is 0 Å². The highest BCUT2D eigenvalue weighted by Gasteiger charge is 2.38. The molecule has 2 atom stereocenters. The van der Waals surface area contributed by atoms with Gasteiger partial charge in [0.2, 0.25) is 0 Å². The summed E-state index contributed by atoms with van der Waals surface area (Å²) in [6.45, 7) is 0.945. The standard InChI is InChI=1S/C15H18BrNO/c16-13-6-3-5-12(10-13)15(18)17-9-8-11-4-1-2-7-14(11)17/h3,5-6,10-11,14H,1-2,4,7-9H2. The summed E-state index contributed by atoms with van der Waals surface area (Å²) in [7, 11) is 0. The number of rotatable bonds is 1. The van der Waals surface area contributed by atoms with E-state index in [-0.39, 0.29) is 5.91 Å². The molecule has 3 rings (SSSR count). The molecule has 1 saturated carbocycles. The average molecular weight is 308 g/mol. The predicted octanol–water partition coefficient (Wildman–Crippen LogP) is 3.85. The summed E-state index contributed by atoms with van der Waals surface area (Å²) in [6, 6.07) is 8.25. The first kappa shape index (κ1) is 12.2. The zero-order valence-electron chi connectivity index (χ0n) is 10.4. The van der Waals surface area contributed by atoms with Gasteiger partial charge in [-0.2, -0.15) is 0 Å². The fraction of sp³-hybridized carbons (Fsp3) is 0.533. The van der Waals surface area contributed by atoms with Gasteiger partial charge in [0.15, 0.2) is 0 Å². The number of amides is 1. The summed E-state index contributed by atoms with van der Waals surface area (Å²) >= 11 is 3.44. The van der Waals surface area contributed by atoms with E-state index in [9.17, 15) is 4.79 Å². The highest BCUT2D eigenvalue weighted by molar-refractivity contribution is 9.10. The van der Waals surface area contributed by atoms with Gasteiger partial charge in [-0.15, -0.1) is 0 Å². The Morgan fingerprint density at radius 1 is 1.22 bits per heavy atom. The quantitative estimate of drug-likeness (QED) is 0.771. The summed E-state index contributed by atoms with van der Waals surface area (Å²) in [5.74, 6) is 0.973. The van der Waals surface area contributed by atoms with Crippen LogP contribution in [0.2, 0.25) is 0 Å². The third-order valence-corrected chi connectivity index (χ3v) is 4.84. The summed E-state index contributed by atoms with van der Waals surface area (Å²) in [6.07, 6.45) is 6.34. The van der Waals surface area contributed by atoms with Crippen LogP contribution in [-0.2, 0) is 0 Å². The number of nitrogens with zero attached hydrogens (tertiary/aromatic N) is 1. The molecule has 1 aromatic rings. The number of carbonyl (C=O) groups excluding carboxylic acids is 1. The summed E-state index contributed by atoms with van der Waals surface area (Å²) < 4.78 is 0.979. The van der Waals surface area contributed by atoms with E-state index in [0.717, 1.165) is 22.5 Å². The Morgan fingerprint density at radius 2 is 2.06 bits per heavy atom. The lowest BCUT2D eigenvalue weighted by molar-refractivity contribution is 0.0690. The van der Waals surface area contributed by atoms with E-state index in [1.807, 2.05) is 24.3 Å². The lowest BCUT2D eigenvalue weighted by atomic mass is 9.85. The predicted molar refractivity (Wildman–Crippen MR) is 75.5 cm³/mol. The first-order valence-corrected chi connectivity index (χ1v) is 7.61. The third kappa shape index (κ3) is 2.20. The van der Waals surface area contributed by atoms with Gasteiger partial charge in [0.1, 0.15) is 0 Å². The molecule has 0 radical (unpaired) electrons. The second kappa shape index (κ2) is 5.04. The van der Waals surface area contributed by atoms with Crippen molar-refractivity contribution in [2.24, 2.45) is 5.92 Å². The highest BCUT2D eigenvalue weighted by Crippen LogP contribution is 2.36. The molecule has 0 bridgehead atoms. The summed E-state index contributed by atoms with van der Waals surface area (Å²) in [5, 5.41) is 0. The molecule has 0 N–H and O–H groups in total. The van der Waals surface area contributed by atoms with Gasteiger partial charge in [-0.3, -0.25) is 4.79 Å². The topological polar surface area (TPSA) is 20.3 Å². The molecule has 1 aromatic carbocycles. The van der Waals surface area contributed by atoms with Gasteiger partial charge in [-0.25, -0.2) is 0 Å². The van der Waals surface area contributed by atoms with Gasteiger partial charge >= 0.3 is 0 Å². The van der Waals surface area contributed by atoms with Crippen LogP contribution in [0.5, 0.6) is 0 Å². The number of hydrogen-bond donors (Lipinski definition) is 0. The third-order valence-electron chi connectivity index (χ3n) is 4.34. The molecule has 18 heavy (non-hydrogen) atoms. The number of carbonyl (C=O) groups is 1. The molecule has 1 heterocycles. The van der Waals surface area contributed by atoms with Gasteiger partial charge in [0.05, 0.1) is 0 Å². The van der Waals surface area contributed by atoms with Crippen molar-refractivity contribution in [2.75, 3.05) is 6.54 Å². The maximum absolute atomic E-state index is 12.6. The number of fused-ring (bicyclic) bond motifs is 1. The molecule has 2 fully saturated rings. The maximum Gasteiger partial charge on any atom is 0.254 e. The van der Waals surface area contributed by atoms with Gasteiger partial charge in [0.25, 0.3) is 5.91 Å². The van der Waals surface area contributed by atoms with Gasteiger partial charge < -0.3 is 4.90 Å². The molecule has 2 nitrogen and oxygen atoms in total. The van der Waals surface area contributed by atoms with Crippen molar-refractivity contribution in [1.82, 2.24) is 4.90 Å². The Bertz CT molecular complexity index is 460. The van der Waals surface area contributed by atoms with Crippen molar-refractivity contribution in [3.05, 3.63) is 34.3 Å². The molecular weight excluding hydrogens is 290 g/mol. The van der Waals surface area contributed by atoms with Crippen molar-refractivity contribution in [3.8, 4) is 0 Å². The molecule has 1 amide bonds. The van der Waals surface area contributed by atoms with Gasteiger partial charge in [-0.05, 0) is 43.4 Å². The van der Waals surface area contributed by atoms with Crippen LogP contribution in [0.25, 0.3) is 0 Å². The smallest absolute Gasteiger partial charge is 0.254 e. The Hall–Kier alpha value is -0.830. The highest BCUT2D eigenvalue weighted by atomic mass is 79.9. The van der Waals surface area contributed by atoms with Gasteiger partial charge in [-0.1, -0.05) is 34.8 Å². The second-order valence-electron chi connectivity index (χ2n) is 5.41. The van der Waals surface area contributed by atoms with Crippen molar-refractivity contribution in [1.29, 1.82) is 0 Å². The van der Waals surface area contributed by atoms with Gasteiger partial charge in [0, 0.05) is 22.6 Å². The molecule has 1 saturated heterocycles. The van der Waals surface area contributed by atoms with Crippen LogP contribution in [0.15, 0.2) is 28.7 Å². The SMILES string of the molecule is O=C(c1cccc(Br)c1)N1CCC2CCCCC21. The van der Waals surface area contributed by atoms with Crippen molar-refractivity contribution in [3.63, 3.8) is 0 Å². The Kier molecular flexibility index (Phi) is 3.42. The Morgan fingerprint density at radius 3 is 2.89 bits per heavy atom. The number of likely N-dealkylation sites (tertiary alicyclic amines) is 1.